The van der Waals surface area contributed by atoms with Crippen LogP contribution in [0.25, 0.3) is 16.0 Å². The maximum Gasteiger partial charge on any atom is 0.229 e. The summed E-state index contributed by atoms with van der Waals surface area (Å²) in [7, 11) is 1.57. The van der Waals surface area contributed by atoms with Gasteiger partial charge in [-0.25, -0.2) is 4.68 Å². The highest BCUT2D eigenvalue weighted by atomic mass is 35.5. The number of aryl methyl sites for hydroxylation is 2. The van der Waals surface area contributed by atoms with Crippen LogP contribution in [0.2, 0.25) is 5.02 Å². The Morgan fingerprint density at radius 1 is 1.21 bits per heavy atom. The third kappa shape index (κ3) is 4.35. The van der Waals surface area contributed by atoms with Crippen molar-refractivity contribution in [3.05, 3.63) is 58.7 Å². The van der Waals surface area contributed by atoms with E-state index in [1.165, 1.54) is 5.56 Å². The fourth-order valence-corrected chi connectivity index (χ4v) is 5.56. The van der Waals surface area contributed by atoms with Crippen LogP contribution in [0.1, 0.15) is 24.1 Å². The van der Waals surface area contributed by atoms with E-state index < -0.39 is 0 Å². The molecule has 5 rings (SSSR count). The SMILES string of the molecule is COc1ccc(NC(=O)C2CCCN(c3nc4c(s3)c(C)nn4-c3ccc(C)cc3)C2)cc1Cl. The Hall–Kier alpha value is -3.10. The van der Waals surface area contributed by atoms with Crippen LogP contribution >= 0.6 is 22.9 Å². The number of rotatable bonds is 5. The second-order valence-electron chi connectivity index (χ2n) is 8.61. The van der Waals surface area contributed by atoms with E-state index in [4.69, 9.17) is 26.4 Å². The molecule has 1 aliphatic rings. The summed E-state index contributed by atoms with van der Waals surface area (Å²) in [6.07, 6.45) is 1.77. The number of piperidine rings is 1. The van der Waals surface area contributed by atoms with Crippen molar-refractivity contribution in [2.45, 2.75) is 26.7 Å². The molecule has 0 spiro atoms. The van der Waals surface area contributed by atoms with E-state index >= 15 is 0 Å². The number of carbonyl (C=O) groups excluding carboxylic acids is 1. The fourth-order valence-electron chi connectivity index (χ4n) is 4.28. The number of amides is 1. The molecule has 34 heavy (non-hydrogen) atoms. The fraction of sp³-hybridized carbons (Fsp3) is 0.320. The normalized spacial score (nSPS) is 16.1. The number of halogens is 1. The standard InChI is InChI=1S/C25H26ClN5O2S/c1-15-6-9-19(10-7-15)31-23-22(16(2)29-31)34-25(28-23)30-12-4-5-17(14-30)24(32)27-18-8-11-21(33-3)20(26)13-18/h6-11,13,17H,4-5,12,14H2,1-3H3,(H,27,32). The third-order valence-corrected chi connectivity index (χ3v) is 7.65. The second-order valence-corrected chi connectivity index (χ2v) is 9.99. The number of methoxy groups -OCH3 is 1. The minimum atomic E-state index is -0.128. The van der Waals surface area contributed by atoms with Crippen LogP contribution in [0.5, 0.6) is 5.75 Å². The topological polar surface area (TPSA) is 72.3 Å². The van der Waals surface area contributed by atoms with E-state index in [0.29, 0.717) is 23.0 Å². The molecular formula is C25H26ClN5O2S. The summed E-state index contributed by atoms with van der Waals surface area (Å²) in [6, 6.07) is 13.6. The smallest absolute Gasteiger partial charge is 0.229 e. The van der Waals surface area contributed by atoms with Crippen LogP contribution in [0.15, 0.2) is 42.5 Å². The van der Waals surface area contributed by atoms with Crippen LogP contribution in [0, 0.1) is 19.8 Å². The summed E-state index contributed by atoms with van der Waals surface area (Å²) in [5, 5.41) is 9.11. The van der Waals surface area contributed by atoms with Gasteiger partial charge >= 0.3 is 0 Å². The lowest BCUT2D eigenvalue weighted by molar-refractivity contribution is -0.120. The number of thiazole rings is 1. The maximum absolute atomic E-state index is 13.0. The zero-order chi connectivity index (χ0) is 23.8. The van der Waals surface area contributed by atoms with E-state index in [1.54, 1.807) is 36.6 Å². The van der Waals surface area contributed by atoms with Crippen molar-refractivity contribution in [2.75, 3.05) is 30.4 Å². The molecule has 0 bridgehead atoms. The Morgan fingerprint density at radius 2 is 2.00 bits per heavy atom. The largest absolute Gasteiger partial charge is 0.495 e. The second kappa shape index (κ2) is 9.27. The number of fused-ring (bicyclic) bond motifs is 1. The van der Waals surface area contributed by atoms with E-state index in [-0.39, 0.29) is 11.8 Å². The minimum Gasteiger partial charge on any atom is -0.495 e. The molecule has 4 aromatic rings. The summed E-state index contributed by atoms with van der Waals surface area (Å²) >= 11 is 7.85. The van der Waals surface area contributed by atoms with Crippen molar-refractivity contribution >= 4 is 50.0 Å². The van der Waals surface area contributed by atoms with Gasteiger partial charge in [-0.1, -0.05) is 40.6 Å². The molecule has 1 fully saturated rings. The molecule has 2 aromatic heterocycles. The average Bonchev–Trinajstić information content (AvgIpc) is 3.40. The summed E-state index contributed by atoms with van der Waals surface area (Å²) in [5.41, 5.74) is 4.69. The summed E-state index contributed by atoms with van der Waals surface area (Å²) in [6.45, 7) is 5.59. The predicted octanol–water partition coefficient (Wildman–Crippen LogP) is 5.62. The van der Waals surface area contributed by atoms with Gasteiger partial charge in [-0.2, -0.15) is 10.1 Å². The molecule has 1 unspecified atom stereocenters. The van der Waals surface area contributed by atoms with Crippen LogP contribution in [0.4, 0.5) is 10.8 Å². The lowest BCUT2D eigenvalue weighted by Gasteiger charge is -2.31. The first-order valence-corrected chi connectivity index (χ1v) is 12.4. The quantitative estimate of drug-likeness (QED) is 0.389. The Balaban J connectivity index is 1.34. The Kier molecular flexibility index (Phi) is 6.18. The Morgan fingerprint density at radius 3 is 2.74 bits per heavy atom. The van der Waals surface area contributed by atoms with Crippen molar-refractivity contribution in [1.29, 1.82) is 0 Å². The highest BCUT2D eigenvalue weighted by Gasteiger charge is 2.28. The highest BCUT2D eigenvalue weighted by molar-refractivity contribution is 7.22. The number of nitrogens with one attached hydrogen (secondary N) is 1. The molecule has 7 nitrogen and oxygen atoms in total. The van der Waals surface area contributed by atoms with Gasteiger partial charge in [-0.3, -0.25) is 4.79 Å². The average molecular weight is 496 g/mol. The van der Waals surface area contributed by atoms with Gasteiger partial charge in [-0.05, 0) is 57.0 Å². The van der Waals surface area contributed by atoms with Crippen molar-refractivity contribution < 1.29 is 9.53 Å². The molecule has 0 saturated carbocycles. The summed E-state index contributed by atoms with van der Waals surface area (Å²) in [5.74, 6) is 0.448. The van der Waals surface area contributed by atoms with Gasteiger partial charge in [0, 0.05) is 18.8 Å². The van der Waals surface area contributed by atoms with Crippen LogP contribution in [-0.4, -0.2) is 40.9 Å². The molecule has 3 heterocycles. The van der Waals surface area contributed by atoms with Crippen molar-refractivity contribution in [1.82, 2.24) is 14.8 Å². The lowest BCUT2D eigenvalue weighted by Crippen LogP contribution is -2.40. The number of hydrogen-bond donors (Lipinski definition) is 1. The molecule has 0 aliphatic carbocycles. The first-order valence-electron chi connectivity index (χ1n) is 11.3. The number of aromatic nitrogens is 3. The van der Waals surface area contributed by atoms with Crippen LogP contribution < -0.4 is 15.0 Å². The molecule has 1 saturated heterocycles. The van der Waals surface area contributed by atoms with Crippen molar-refractivity contribution in [3.63, 3.8) is 0 Å². The number of benzene rings is 2. The molecule has 9 heteroatoms. The number of carbonyl (C=O) groups is 1. The zero-order valence-corrected chi connectivity index (χ0v) is 20.9. The molecule has 1 amide bonds. The van der Waals surface area contributed by atoms with Gasteiger partial charge in [0.15, 0.2) is 10.8 Å². The number of hydrogen-bond acceptors (Lipinski definition) is 6. The van der Waals surface area contributed by atoms with Crippen LogP contribution in [-0.2, 0) is 4.79 Å². The number of ether oxygens (including phenoxy) is 1. The van der Waals surface area contributed by atoms with E-state index in [1.807, 2.05) is 11.6 Å². The molecule has 0 radical (unpaired) electrons. The van der Waals surface area contributed by atoms with Gasteiger partial charge in [0.1, 0.15) is 5.75 Å². The first kappa shape index (κ1) is 22.7. The maximum atomic E-state index is 13.0. The van der Waals surface area contributed by atoms with Crippen molar-refractivity contribution in [3.8, 4) is 11.4 Å². The minimum absolute atomic E-state index is 0.00550. The zero-order valence-electron chi connectivity index (χ0n) is 19.3. The lowest BCUT2D eigenvalue weighted by atomic mass is 9.97. The van der Waals surface area contributed by atoms with Crippen LogP contribution in [0.3, 0.4) is 0 Å². The number of nitrogens with zero attached hydrogens (tertiary/aromatic N) is 4. The summed E-state index contributed by atoms with van der Waals surface area (Å²) < 4.78 is 8.18. The monoisotopic (exact) mass is 495 g/mol. The highest BCUT2D eigenvalue weighted by Crippen LogP contribution is 2.35. The third-order valence-electron chi connectivity index (χ3n) is 6.14. The molecule has 1 atom stereocenters. The van der Waals surface area contributed by atoms with Gasteiger partial charge in [-0.15, -0.1) is 0 Å². The predicted molar refractivity (Wildman–Crippen MR) is 138 cm³/mol. The van der Waals surface area contributed by atoms with Gasteiger partial charge in [0.2, 0.25) is 5.91 Å². The molecule has 2 aromatic carbocycles. The Labute approximate surface area is 207 Å². The van der Waals surface area contributed by atoms with Crippen molar-refractivity contribution in [2.24, 2.45) is 5.92 Å². The molecule has 1 aliphatic heterocycles. The van der Waals surface area contributed by atoms with Gasteiger partial charge < -0.3 is 15.0 Å². The van der Waals surface area contributed by atoms with E-state index in [9.17, 15) is 4.79 Å². The number of anilines is 2. The molecule has 176 valence electrons. The van der Waals surface area contributed by atoms with E-state index in [0.717, 1.165) is 46.2 Å². The summed E-state index contributed by atoms with van der Waals surface area (Å²) in [4.78, 5) is 20.2. The van der Waals surface area contributed by atoms with Gasteiger partial charge in [0.25, 0.3) is 0 Å². The first-order chi connectivity index (χ1) is 16.4. The van der Waals surface area contributed by atoms with Gasteiger partial charge in [0.05, 0.1) is 34.1 Å². The molecular weight excluding hydrogens is 470 g/mol. The Bertz CT molecular complexity index is 1350. The van der Waals surface area contributed by atoms with E-state index in [2.05, 4.69) is 41.4 Å². The molecule has 1 N–H and O–H groups in total.